The van der Waals surface area contributed by atoms with E-state index in [0.717, 1.165) is 17.0 Å². The molecule has 4 amide bonds. The summed E-state index contributed by atoms with van der Waals surface area (Å²) in [6.45, 7) is 1.55. The summed E-state index contributed by atoms with van der Waals surface area (Å²) in [5.41, 5.74) is -4.97. The van der Waals surface area contributed by atoms with Gasteiger partial charge in [-0.3, -0.25) is 39.4 Å². The summed E-state index contributed by atoms with van der Waals surface area (Å²) in [6.07, 6.45) is 0.139. The first-order valence-electron chi connectivity index (χ1n) is 17.1. The summed E-state index contributed by atoms with van der Waals surface area (Å²) in [6, 6.07) is 5.44. The van der Waals surface area contributed by atoms with E-state index < -0.39 is 137 Å². The zero-order valence-electron chi connectivity index (χ0n) is 29.9. The number of ether oxygens (including phenoxy) is 1. The van der Waals surface area contributed by atoms with Crippen molar-refractivity contribution in [2.24, 2.45) is 17.8 Å². The molecule has 2 aliphatic carbocycles. The van der Waals surface area contributed by atoms with Gasteiger partial charge in [-0.05, 0) is 31.7 Å². The first kappa shape index (κ1) is 40.3. The van der Waals surface area contributed by atoms with Crippen LogP contribution in [0.2, 0.25) is 0 Å². The van der Waals surface area contributed by atoms with E-state index in [4.69, 9.17) is 27.9 Å². The smallest absolute Gasteiger partial charge is 0.301 e. The van der Waals surface area contributed by atoms with E-state index >= 15 is 8.78 Å². The summed E-state index contributed by atoms with van der Waals surface area (Å²) in [7, 11) is 2.59. The Morgan fingerprint density at radius 2 is 1.45 bits per heavy atom. The Kier molecular flexibility index (Phi) is 9.46. The number of hydrogen-bond acceptors (Lipinski definition) is 11. The number of phenolic OH excluding ortho intramolecular Hbond substituents is 1. The van der Waals surface area contributed by atoms with Crippen LogP contribution in [0.1, 0.15) is 31.2 Å². The Morgan fingerprint density at radius 3 is 1.98 bits per heavy atom. The van der Waals surface area contributed by atoms with Crippen molar-refractivity contribution in [2.75, 3.05) is 35.4 Å². The number of hydrogen-bond donors (Lipinski definition) is 1. The molecule has 304 valence electrons. The first-order valence-corrected chi connectivity index (χ1v) is 17.9. The highest BCUT2D eigenvalue weighted by Crippen LogP contribution is 2.67. The van der Waals surface area contributed by atoms with E-state index in [1.807, 2.05) is 0 Å². The molecular formula is C36H26Cl2F5N5O10. The van der Waals surface area contributed by atoms with E-state index in [0.29, 0.717) is 4.90 Å². The van der Waals surface area contributed by atoms with Crippen molar-refractivity contribution in [3.63, 3.8) is 0 Å². The molecule has 0 aromatic heterocycles. The summed E-state index contributed by atoms with van der Waals surface area (Å²) in [5, 5.41) is 35.8. The lowest BCUT2D eigenvalue weighted by atomic mass is 9.56. The average Bonchev–Trinajstić information content (AvgIpc) is 3.51. The number of nitro groups is 2. The van der Waals surface area contributed by atoms with E-state index in [1.165, 1.54) is 38.4 Å². The van der Waals surface area contributed by atoms with Crippen molar-refractivity contribution in [2.45, 2.75) is 35.4 Å². The van der Waals surface area contributed by atoms with Crippen molar-refractivity contribution < 1.29 is 60.8 Å². The molecule has 2 saturated heterocycles. The Balaban J connectivity index is 1.44. The highest BCUT2D eigenvalue weighted by molar-refractivity contribution is 6.58. The van der Waals surface area contributed by atoms with Gasteiger partial charge in [0.1, 0.15) is 5.69 Å². The molecule has 7 rings (SSSR count). The number of phenols is 1. The number of benzene rings is 3. The van der Waals surface area contributed by atoms with Gasteiger partial charge in [-0.2, -0.15) is 0 Å². The minimum atomic E-state index is -2.95. The number of halogens is 7. The molecular weight excluding hydrogens is 828 g/mol. The molecule has 3 aromatic rings. The first-order chi connectivity index (χ1) is 27.2. The largest absolute Gasteiger partial charge is 0.504 e. The number of fused-ring (bicyclic) bond motifs is 4. The molecule has 0 spiro atoms. The van der Waals surface area contributed by atoms with Crippen LogP contribution in [0.4, 0.5) is 50.4 Å². The fourth-order valence-electron chi connectivity index (χ4n) is 8.67. The van der Waals surface area contributed by atoms with Gasteiger partial charge in [0.2, 0.25) is 17.6 Å². The van der Waals surface area contributed by atoms with Gasteiger partial charge in [-0.15, -0.1) is 23.2 Å². The van der Waals surface area contributed by atoms with E-state index in [9.17, 15) is 57.7 Å². The standard InChI is InChI=1S/C36H26Cl2F5N5O10/c1-4-58-20-7-5-6-16(30(20)49)22-14-8-9-15-21(32(51)45(31(15)50)13-10-18(47(54)55)28(44(2)3)19(11-13)48(56)57)17(14)12-35(37)33(52)46(34(53)36(22,35)38)29-26(42)24(40)23(39)25(41)27(29)43/h5-8,10-11,15,17,21-22,49H,4,9,12H2,1-3H3/t15-,17+,21-,22+,35+,36-/m0/s1. The predicted octanol–water partition coefficient (Wildman–Crippen LogP) is 6.14. The van der Waals surface area contributed by atoms with Gasteiger partial charge in [0, 0.05) is 37.7 Å². The van der Waals surface area contributed by atoms with Crippen LogP contribution in [0.5, 0.6) is 11.5 Å². The quantitative estimate of drug-likeness (QED) is 0.0400. The maximum absolute atomic E-state index is 15.4. The second-order valence-corrected chi connectivity index (χ2v) is 15.3. The molecule has 58 heavy (non-hydrogen) atoms. The number of allylic oxidation sites excluding steroid dienone is 2. The third-order valence-corrected chi connectivity index (χ3v) is 12.4. The monoisotopic (exact) mass is 853 g/mol. The van der Waals surface area contributed by atoms with Crippen LogP contribution in [0, 0.1) is 67.1 Å². The molecule has 0 radical (unpaired) electrons. The maximum atomic E-state index is 15.4. The number of aromatic hydroxyl groups is 1. The molecule has 0 unspecified atom stereocenters. The summed E-state index contributed by atoms with van der Waals surface area (Å²) < 4.78 is 79.4. The molecule has 4 aliphatic rings. The second-order valence-electron chi connectivity index (χ2n) is 14.1. The molecule has 1 saturated carbocycles. The van der Waals surface area contributed by atoms with Gasteiger partial charge >= 0.3 is 11.4 Å². The van der Waals surface area contributed by atoms with Crippen LogP contribution in [0.25, 0.3) is 0 Å². The lowest BCUT2D eigenvalue weighted by molar-refractivity contribution is -0.392. The summed E-state index contributed by atoms with van der Waals surface area (Å²) in [4.78, 5) is 75.3. The molecule has 6 atom stereocenters. The fourth-order valence-corrected chi connectivity index (χ4v) is 9.59. The molecule has 2 heterocycles. The number of imide groups is 2. The highest BCUT2D eigenvalue weighted by Gasteiger charge is 2.77. The Bertz CT molecular complexity index is 2410. The van der Waals surface area contributed by atoms with Crippen LogP contribution in [-0.4, -0.2) is 69.0 Å². The van der Waals surface area contributed by atoms with Gasteiger partial charge < -0.3 is 14.7 Å². The number of para-hydroxylation sites is 1. The van der Waals surface area contributed by atoms with E-state index in [-0.39, 0.29) is 34.8 Å². The Morgan fingerprint density at radius 1 is 0.879 bits per heavy atom. The Labute approximate surface area is 332 Å². The number of nitrogens with zero attached hydrogens (tertiary/aromatic N) is 5. The van der Waals surface area contributed by atoms with E-state index in [1.54, 1.807) is 6.92 Å². The number of rotatable bonds is 8. The SMILES string of the molecule is CCOc1cccc([C@H]2C3=CC[C@@H]4C(=O)N(c5cc([N+](=O)[O-])c(N(C)C)c([N+](=O)[O-])c5)C(=O)[C@@H]4[C@@H]3C[C@@]3(Cl)C(=O)N(c4c(F)c(F)c(F)c(F)c4F)C(=O)[C@@]23Cl)c1O. The normalized spacial score (nSPS) is 26.3. The topological polar surface area (TPSA) is 194 Å². The molecule has 3 fully saturated rings. The van der Waals surface area contributed by atoms with Gasteiger partial charge in [0.15, 0.2) is 50.2 Å². The fraction of sp³-hybridized carbons (Fsp3) is 0.333. The maximum Gasteiger partial charge on any atom is 0.301 e. The minimum Gasteiger partial charge on any atom is -0.504 e. The van der Waals surface area contributed by atoms with Crippen molar-refractivity contribution in [3.8, 4) is 11.5 Å². The number of carbonyl (C=O) groups is 4. The van der Waals surface area contributed by atoms with Crippen molar-refractivity contribution in [1.82, 2.24) is 0 Å². The zero-order chi connectivity index (χ0) is 42.7. The zero-order valence-corrected chi connectivity index (χ0v) is 31.4. The highest BCUT2D eigenvalue weighted by atomic mass is 35.5. The Hall–Kier alpha value is -5.89. The summed E-state index contributed by atoms with van der Waals surface area (Å²) >= 11 is 14.2. The molecule has 22 heteroatoms. The lowest BCUT2D eigenvalue weighted by Crippen LogP contribution is -2.60. The van der Waals surface area contributed by atoms with E-state index in [2.05, 4.69) is 0 Å². The lowest BCUT2D eigenvalue weighted by Gasteiger charge is -2.50. The summed E-state index contributed by atoms with van der Waals surface area (Å²) in [5.74, 6) is -25.4. The molecule has 1 N–H and O–H groups in total. The van der Waals surface area contributed by atoms with Crippen LogP contribution >= 0.6 is 23.2 Å². The predicted molar refractivity (Wildman–Crippen MR) is 192 cm³/mol. The third-order valence-electron chi connectivity index (χ3n) is 11.0. The number of nitro benzene ring substituents is 2. The van der Waals surface area contributed by atoms with Crippen molar-refractivity contribution in [1.29, 1.82) is 0 Å². The second kappa shape index (κ2) is 13.6. The molecule has 0 bridgehead atoms. The van der Waals surface area contributed by atoms with Crippen molar-refractivity contribution >= 4 is 75.3 Å². The van der Waals surface area contributed by atoms with Gasteiger partial charge in [0.25, 0.3) is 11.8 Å². The number of alkyl halides is 2. The van der Waals surface area contributed by atoms with Crippen LogP contribution in [-0.2, 0) is 19.2 Å². The van der Waals surface area contributed by atoms with Gasteiger partial charge in [-0.25, -0.2) is 31.8 Å². The average molecular weight is 855 g/mol. The van der Waals surface area contributed by atoms with Gasteiger partial charge in [-0.1, -0.05) is 23.8 Å². The third kappa shape index (κ3) is 5.22. The number of anilines is 3. The minimum absolute atomic E-state index is 0.00798. The van der Waals surface area contributed by atoms with Crippen LogP contribution < -0.4 is 19.4 Å². The number of carbonyl (C=O) groups excluding carboxylic acids is 4. The van der Waals surface area contributed by atoms with Crippen LogP contribution in [0.3, 0.4) is 0 Å². The number of amides is 4. The molecule has 15 nitrogen and oxygen atoms in total. The van der Waals surface area contributed by atoms with Crippen molar-refractivity contribution in [3.05, 3.63) is 96.9 Å². The van der Waals surface area contributed by atoms with Gasteiger partial charge in [0.05, 0.1) is 34.0 Å². The molecule has 3 aromatic carbocycles. The molecule has 2 aliphatic heterocycles. The van der Waals surface area contributed by atoms with Crippen LogP contribution in [0.15, 0.2) is 42.0 Å².